The van der Waals surface area contributed by atoms with Crippen LogP contribution in [0.4, 0.5) is 15.2 Å². The van der Waals surface area contributed by atoms with Crippen molar-refractivity contribution >= 4 is 33.7 Å². The van der Waals surface area contributed by atoms with Crippen molar-refractivity contribution in [2.24, 2.45) is 0 Å². The monoisotopic (exact) mass is 388 g/mol. The average Bonchev–Trinajstić information content (AvgIpc) is 3.17. The van der Waals surface area contributed by atoms with Crippen LogP contribution in [0.5, 0.6) is 0 Å². The van der Waals surface area contributed by atoms with Gasteiger partial charge in [-0.25, -0.2) is 13.9 Å². The minimum atomic E-state index is -0.505. The predicted octanol–water partition coefficient (Wildman–Crippen LogP) is 2.60. The fraction of sp³-hybridized carbons (Fsp3) is 0.389. The van der Waals surface area contributed by atoms with E-state index in [2.05, 4.69) is 32.5 Å². The number of hydrogen-bond donors (Lipinski definition) is 2. The molecule has 2 N–H and O–H groups in total. The highest BCUT2D eigenvalue weighted by Crippen LogP contribution is 2.30. The Balaban J connectivity index is 1.56. The summed E-state index contributed by atoms with van der Waals surface area (Å²) in [6, 6.07) is 3.52. The zero-order chi connectivity index (χ0) is 19.1. The Labute approximate surface area is 160 Å². The van der Waals surface area contributed by atoms with Gasteiger partial charge in [-0.2, -0.15) is 0 Å². The van der Waals surface area contributed by atoms with Crippen LogP contribution in [0.1, 0.15) is 27.9 Å². The van der Waals surface area contributed by atoms with E-state index in [-0.39, 0.29) is 4.88 Å². The van der Waals surface area contributed by atoms with Crippen LogP contribution in [0.15, 0.2) is 18.3 Å². The third-order valence-electron chi connectivity index (χ3n) is 4.53. The lowest BCUT2D eigenvalue weighted by atomic mass is 10.2. The predicted molar refractivity (Wildman–Crippen MR) is 104 cm³/mol. The number of nitrogens with one attached hydrogen (secondary N) is 2. The van der Waals surface area contributed by atoms with Gasteiger partial charge in [0.05, 0.1) is 16.9 Å². The van der Waals surface area contributed by atoms with E-state index in [1.54, 1.807) is 16.8 Å². The molecule has 0 bridgehead atoms. The molecule has 9 heteroatoms. The Bertz CT molecular complexity index is 1010. The summed E-state index contributed by atoms with van der Waals surface area (Å²) in [6.45, 7) is 8.29. The molecule has 4 rings (SSSR count). The summed E-state index contributed by atoms with van der Waals surface area (Å²) in [7, 11) is 0. The molecule has 1 amide bonds. The van der Waals surface area contributed by atoms with Crippen molar-refractivity contribution in [3.8, 4) is 0 Å². The molecule has 0 aromatic carbocycles. The van der Waals surface area contributed by atoms with Crippen LogP contribution in [0.2, 0.25) is 0 Å². The van der Waals surface area contributed by atoms with Crippen LogP contribution < -0.4 is 15.5 Å². The summed E-state index contributed by atoms with van der Waals surface area (Å²) in [4.78, 5) is 19.2. The first-order chi connectivity index (χ1) is 12.9. The van der Waals surface area contributed by atoms with Crippen molar-refractivity contribution < 1.29 is 9.18 Å². The summed E-state index contributed by atoms with van der Waals surface area (Å²) < 4.78 is 16.0. The Morgan fingerprint density at radius 2 is 2.22 bits per heavy atom. The number of fused-ring (bicyclic) bond motifs is 1. The third-order valence-corrected chi connectivity index (χ3v) is 5.70. The van der Waals surface area contributed by atoms with Gasteiger partial charge >= 0.3 is 0 Å². The van der Waals surface area contributed by atoms with Crippen molar-refractivity contribution in [2.45, 2.75) is 26.8 Å². The standard InChI is InChI=1S/C18H21FN6OS/c1-10-6-14(23-25-9-12(3)21-17(10)25)22-18(26)16-13(19)7-15(27-16)24-5-4-20-11(2)8-24/h6-7,9,11,20H,4-5,8H2,1-3H3,(H,22,23,26). The van der Waals surface area contributed by atoms with Gasteiger partial charge in [-0.15, -0.1) is 16.4 Å². The zero-order valence-corrected chi connectivity index (χ0v) is 16.2. The number of piperazine rings is 1. The van der Waals surface area contributed by atoms with Crippen molar-refractivity contribution in [2.75, 3.05) is 29.9 Å². The number of hydrogen-bond acceptors (Lipinski definition) is 6. The average molecular weight is 388 g/mol. The topological polar surface area (TPSA) is 74.6 Å². The largest absolute Gasteiger partial charge is 0.361 e. The lowest BCUT2D eigenvalue weighted by Gasteiger charge is -2.32. The number of thiophene rings is 1. The number of carbonyl (C=O) groups is 1. The molecule has 1 atom stereocenters. The number of aromatic nitrogens is 3. The van der Waals surface area contributed by atoms with Gasteiger partial charge in [-0.3, -0.25) is 4.79 Å². The number of anilines is 2. The second-order valence-electron chi connectivity index (χ2n) is 6.88. The minimum absolute atomic E-state index is 0.0672. The second-order valence-corrected chi connectivity index (χ2v) is 7.91. The third kappa shape index (κ3) is 3.52. The summed E-state index contributed by atoms with van der Waals surface area (Å²) in [5.74, 6) is -0.627. The zero-order valence-electron chi connectivity index (χ0n) is 15.4. The summed E-state index contributed by atoms with van der Waals surface area (Å²) in [5.41, 5.74) is 2.46. The van der Waals surface area contributed by atoms with Crippen LogP contribution in [-0.2, 0) is 0 Å². The van der Waals surface area contributed by atoms with E-state index in [1.165, 1.54) is 17.4 Å². The maximum atomic E-state index is 14.4. The first-order valence-corrected chi connectivity index (χ1v) is 9.65. The molecule has 0 spiro atoms. The van der Waals surface area contributed by atoms with E-state index in [0.29, 0.717) is 11.9 Å². The van der Waals surface area contributed by atoms with Gasteiger partial charge in [0, 0.05) is 31.7 Å². The van der Waals surface area contributed by atoms with Crippen LogP contribution in [0.3, 0.4) is 0 Å². The highest BCUT2D eigenvalue weighted by Gasteiger charge is 2.23. The SMILES string of the molecule is Cc1cn2nc(NC(=O)c3sc(N4CCNC(C)C4)cc3F)cc(C)c2n1. The number of amides is 1. The van der Waals surface area contributed by atoms with Gasteiger partial charge in [-0.05, 0) is 32.4 Å². The number of carbonyl (C=O) groups excluding carboxylic acids is 1. The first kappa shape index (κ1) is 17.9. The molecule has 0 saturated carbocycles. The van der Waals surface area contributed by atoms with Gasteiger partial charge in [-0.1, -0.05) is 0 Å². The number of aryl methyl sites for hydroxylation is 2. The minimum Gasteiger partial charge on any atom is -0.361 e. The number of halogens is 1. The van der Waals surface area contributed by atoms with E-state index in [9.17, 15) is 9.18 Å². The molecule has 1 aliphatic rings. The first-order valence-electron chi connectivity index (χ1n) is 8.83. The summed E-state index contributed by atoms with van der Waals surface area (Å²) in [6.07, 6.45) is 1.79. The van der Waals surface area contributed by atoms with Gasteiger partial charge in [0.2, 0.25) is 0 Å². The molecule has 27 heavy (non-hydrogen) atoms. The highest BCUT2D eigenvalue weighted by atomic mass is 32.1. The van der Waals surface area contributed by atoms with Crippen LogP contribution >= 0.6 is 11.3 Å². The fourth-order valence-corrected chi connectivity index (χ4v) is 4.25. The van der Waals surface area contributed by atoms with E-state index in [4.69, 9.17) is 0 Å². The van der Waals surface area contributed by atoms with Gasteiger partial charge in [0.15, 0.2) is 11.5 Å². The normalized spacial score (nSPS) is 17.5. The lowest BCUT2D eigenvalue weighted by Crippen LogP contribution is -2.49. The van der Waals surface area contributed by atoms with Crippen LogP contribution in [0.25, 0.3) is 5.65 Å². The van der Waals surface area contributed by atoms with Crippen molar-refractivity contribution in [3.05, 3.63) is 40.3 Å². The summed E-state index contributed by atoms with van der Waals surface area (Å²) >= 11 is 1.17. The molecule has 1 unspecified atom stereocenters. The molecule has 1 aliphatic heterocycles. The van der Waals surface area contributed by atoms with Crippen molar-refractivity contribution in [1.82, 2.24) is 19.9 Å². The van der Waals surface area contributed by atoms with E-state index in [0.717, 1.165) is 41.5 Å². The Kier molecular flexibility index (Phi) is 4.56. The molecule has 1 saturated heterocycles. The maximum Gasteiger partial charge on any atom is 0.270 e. The molecule has 0 aliphatic carbocycles. The molecule has 1 fully saturated rings. The Hall–Kier alpha value is -2.52. The molecule has 7 nitrogen and oxygen atoms in total. The number of imidazole rings is 1. The Morgan fingerprint density at radius 3 is 3.00 bits per heavy atom. The Morgan fingerprint density at radius 1 is 1.41 bits per heavy atom. The molecule has 0 radical (unpaired) electrons. The molecular formula is C18H21FN6OS. The van der Waals surface area contributed by atoms with E-state index < -0.39 is 11.7 Å². The molecule has 3 aromatic heterocycles. The van der Waals surface area contributed by atoms with Crippen molar-refractivity contribution in [3.63, 3.8) is 0 Å². The lowest BCUT2D eigenvalue weighted by molar-refractivity contribution is 0.102. The van der Waals surface area contributed by atoms with E-state index >= 15 is 0 Å². The molecular weight excluding hydrogens is 367 g/mol. The van der Waals surface area contributed by atoms with E-state index in [1.807, 2.05) is 13.8 Å². The second kappa shape index (κ2) is 6.90. The fourth-order valence-electron chi connectivity index (χ4n) is 3.28. The van der Waals surface area contributed by atoms with Crippen molar-refractivity contribution in [1.29, 1.82) is 0 Å². The van der Waals surface area contributed by atoms with Crippen LogP contribution in [-0.4, -0.2) is 46.2 Å². The molecule has 4 heterocycles. The smallest absolute Gasteiger partial charge is 0.270 e. The van der Waals surface area contributed by atoms with Gasteiger partial charge in [0.1, 0.15) is 10.7 Å². The molecule has 3 aromatic rings. The van der Waals surface area contributed by atoms with Gasteiger partial charge < -0.3 is 15.5 Å². The van der Waals surface area contributed by atoms with Gasteiger partial charge in [0.25, 0.3) is 5.91 Å². The highest BCUT2D eigenvalue weighted by molar-refractivity contribution is 7.18. The quantitative estimate of drug-likeness (QED) is 0.721. The summed E-state index contributed by atoms with van der Waals surface area (Å²) in [5, 5.41) is 11.2. The molecule has 142 valence electrons. The van der Waals surface area contributed by atoms with Crippen LogP contribution in [0, 0.1) is 19.7 Å². The number of nitrogens with zero attached hydrogens (tertiary/aromatic N) is 4. The maximum absolute atomic E-state index is 14.4. The number of rotatable bonds is 3.